The average Bonchev–Trinajstić information content (AvgIpc) is 2.55. The fraction of sp³-hybridized carbons (Fsp3) is 0.294. The van der Waals surface area contributed by atoms with Crippen molar-refractivity contribution in [2.75, 3.05) is 27.3 Å². The molecule has 0 aromatic heterocycles. The van der Waals surface area contributed by atoms with Gasteiger partial charge in [0.25, 0.3) is 0 Å². The summed E-state index contributed by atoms with van der Waals surface area (Å²) in [5.41, 5.74) is 0.824. The Morgan fingerprint density at radius 3 is 2.86 bits per heavy atom. The molecule has 0 aliphatic heterocycles. The second kappa shape index (κ2) is 9.24. The summed E-state index contributed by atoms with van der Waals surface area (Å²) in [6.45, 7) is 4.41. The van der Waals surface area contributed by atoms with Gasteiger partial charge in [-0.3, -0.25) is 4.79 Å². The maximum absolute atomic E-state index is 11.8. The molecule has 0 fully saturated rings. The number of amides is 1. The van der Waals surface area contributed by atoms with Crippen LogP contribution >= 0.6 is 0 Å². The molecule has 5 nitrogen and oxygen atoms in total. The maximum atomic E-state index is 11.8. The molecule has 116 valence electrons. The number of hydrogen-bond donors (Lipinski definition) is 0. The zero-order valence-corrected chi connectivity index (χ0v) is 12.9. The first-order valence-electron chi connectivity index (χ1n) is 6.84. The van der Waals surface area contributed by atoms with Gasteiger partial charge in [-0.25, -0.2) is 0 Å². The highest BCUT2D eigenvalue weighted by molar-refractivity contribution is 5.91. The van der Waals surface area contributed by atoms with Crippen LogP contribution in [0, 0.1) is 11.3 Å². The Hall–Kier alpha value is -2.74. The molecule has 1 rings (SSSR count). The first kappa shape index (κ1) is 17.3. The zero-order chi connectivity index (χ0) is 16.4. The van der Waals surface area contributed by atoms with Crippen molar-refractivity contribution in [2.45, 2.75) is 6.42 Å². The zero-order valence-electron chi connectivity index (χ0n) is 12.9. The number of carbonyl (C=O) groups excluding carboxylic acids is 1. The Balaban J connectivity index is 2.77. The van der Waals surface area contributed by atoms with Crippen LogP contribution in [-0.2, 0) is 4.79 Å². The molecule has 1 aromatic rings. The number of rotatable bonds is 8. The molecule has 0 radical (unpaired) electrons. The van der Waals surface area contributed by atoms with Crippen molar-refractivity contribution in [1.29, 1.82) is 5.26 Å². The van der Waals surface area contributed by atoms with Crippen molar-refractivity contribution in [2.24, 2.45) is 0 Å². The molecule has 0 heterocycles. The summed E-state index contributed by atoms with van der Waals surface area (Å²) in [5, 5.41) is 8.51. The van der Waals surface area contributed by atoms with Gasteiger partial charge in [0.2, 0.25) is 5.91 Å². The van der Waals surface area contributed by atoms with Crippen LogP contribution < -0.4 is 9.47 Å². The van der Waals surface area contributed by atoms with E-state index in [4.69, 9.17) is 14.7 Å². The van der Waals surface area contributed by atoms with Crippen molar-refractivity contribution >= 4 is 12.0 Å². The molecule has 1 aromatic carbocycles. The molecular formula is C17H20N2O3. The van der Waals surface area contributed by atoms with E-state index < -0.39 is 0 Å². The number of likely N-dealkylation sites (N-methyl/N-ethyl adjacent to an activating group) is 1. The monoisotopic (exact) mass is 300 g/mol. The van der Waals surface area contributed by atoms with Crippen LogP contribution in [0.25, 0.3) is 6.08 Å². The number of nitriles is 1. The van der Waals surface area contributed by atoms with Crippen LogP contribution in [0.4, 0.5) is 0 Å². The van der Waals surface area contributed by atoms with Crippen molar-refractivity contribution in [1.82, 2.24) is 4.90 Å². The van der Waals surface area contributed by atoms with Crippen LogP contribution in [-0.4, -0.2) is 38.1 Å². The summed E-state index contributed by atoms with van der Waals surface area (Å²) >= 11 is 0. The normalized spacial score (nSPS) is 10.0. The Morgan fingerprint density at radius 1 is 1.45 bits per heavy atom. The predicted octanol–water partition coefficient (Wildman–Crippen LogP) is 2.65. The lowest BCUT2D eigenvalue weighted by molar-refractivity contribution is -0.124. The minimum atomic E-state index is -0.152. The standard InChI is InChI=1S/C17H20N2O3/c1-4-12-22-15-8-6-14(13-16(15)21-3)7-9-17(20)19(2)11-5-10-18/h4,6-9,13H,1,5,11-12H2,2-3H3. The molecular weight excluding hydrogens is 280 g/mol. The third kappa shape index (κ3) is 5.33. The van der Waals surface area contributed by atoms with E-state index in [0.29, 0.717) is 31.1 Å². The van der Waals surface area contributed by atoms with Gasteiger partial charge in [0.15, 0.2) is 11.5 Å². The molecule has 5 heteroatoms. The fourth-order valence-corrected chi connectivity index (χ4v) is 1.68. The van der Waals surface area contributed by atoms with Crippen LogP contribution in [0.2, 0.25) is 0 Å². The molecule has 0 unspecified atom stereocenters. The molecule has 0 atom stereocenters. The first-order chi connectivity index (χ1) is 10.6. The lowest BCUT2D eigenvalue weighted by atomic mass is 10.2. The molecule has 0 saturated carbocycles. The van der Waals surface area contributed by atoms with Crippen LogP contribution in [0.3, 0.4) is 0 Å². The lowest BCUT2D eigenvalue weighted by Crippen LogP contribution is -2.25. The van der Waals surface area contributed by atoms with E-state index in [2.05, 4.69) is 6.58 Å². The second-order valence-corrected chi connectivity index (χ2v) is 4.51. The highest BCUT2D eigenvalue weighted by Gasteiger charge is 2.06. The Bertz CT molecular complexity index is 588. The smallest absolute Gasteiger partial charge is 0.246 e. The van der Waals surface area contributed by atoms with Gasteiger partial charge < -0.3 is 14.4 Å². The topological polar surface area (TPSA) is 62.6 Å². The first-order valence-corrected chi connectivity index (χ1v) is 6.84. The molecule has 0 N–H and O–H groups in total. The summed E-state index contributed by atoms with van der Waals surface area (Å²) < 4.78 is 10.7. The number of nitrogens with zero attached hydrogens (tertiary/aromatic N) is 2. The summed E-state index contributed by atoms with van der Waals surface area (Å²) in [6, 6.07) is 7.42. The van der Waals surface area contributed by atoms with Crippen molar-refractivity contribution < 1.29 is 14.3 Å². The molecule has 22 heavy (non-hydrogen) atoms. The van der Waals surface area contributed by atoms with E-state index in [-0.39, 0.29) is 5.91 Å². The van der Waals surface area contributed by atoms with E-state index in [0.717, 1.165) is 5.56 Å². The molecule has 0 spiro atoms. The van der Waals surface area contributed by atoms with E-state index in [1.807, 2.05) is 12.1 Å². The second-order valence-electron chi connectivity index (χ2n) is 4.51. The Kier molecular flexibility index (Phi) is 7.27. The van der Waals surface area contributed by atoms with Gasteiger partial charge in [-0.2, -0.15) is 5.26 Å². The number of methoxy groups -OCH3 is 1. The van der Waals surface area contributed by atoms with Gasteiger partial charge in [0.1, 0.15) is 6.61 Å². The van der Waals surface area contributed by atoms with Crippen molar-refractivity contribution in [3.8, 4) is 17.6 Å². The van der Waals surface area contributed by atoms with Gasteiger partial charge in [-0.15, -0.1) is 0 Å². The molecule has 0 aliphatic carbocycles. The van der Waals surface area contributed by atoms with Gasteiger partial charge in [0.05, 0.1) is 19.6 Å². The van der Waals surface area contributed by atoms with Gasteiger partial charge in [-0.05, 0) is 23.8 Å². The van der Waals surface area contributed by atoms with E-state index in [9.17, 15) is 4.79 Å². The molecule has 0 bridgehead atoms. The summed E-state index contributed by atoms with van der Waals surface area (Å²) in [4.78, 5) is 13.3. The summed E-state index contributed by atoms with van der Waals surface area (Å²) in [5.74, 6) is 1.06. The third-order valence-corrected chi connectivity index (χ3v) is 2.90. The van der Waals surface area contributed by atoms with E-state index >= 15 is 0 Å². The highest BCUT2D eigenvalue weighted by Crippen LogP contribution is 2.28. The van der Waals surface area contributed by atoms with Gasteiger partial charge in [-0.1, -0.05) is 18.7 Å². The summed E-state index contributed by atoms with van der Waals surface area (Å²) in [6.07, 6.45) is 5.14. The third-order valence-electron chi connectivity index (χ3n) is 2.90. The van der Waals surface area contributed by atoms with Crippen LogP contribution in [0.5, 0.6) is 11.5 Å². The molecule has 1 amide bonds. The maximum Gasteiger partial charge on any atom is 0.246 e. The molecule has 0 aliphatic rings. The van der Waals surface area contributed by atoms with Crippen LogP contribution in [0.15, 0.2) is 36.9 Å². The van der Waals surface area contributed by atoms with Gasteiger partial charge in [0, 0.05) is 19.7 Å². The number of benzene rings is 1. The number of hydrogen-bond acceptors (Lipinski definition) is 4. The largest absolute Gasteiger partial charge is 0.493 e. The van der Waals surface area contributed by atoms with E-state index in [1.165, 1.54) is 11.0 Å². The minimum Gasteiger partial charge on any atom is -0.493 e. The lowest BCUT2D eigenvalue weighted by Gasteiger charge is -2.12. The highest BCUT2D eigenvalue weighted by atomic mass is 16.5. The van der Waals surface area contributed by atoms with Gasteiger partial charge >= 0.3 is 0 Å². The SMILES string of the molecule is C=CCOc1ccc(C=CC(=O)N(C)CCC#N)cc1OC. The Morgan fingerprint density at radius 2 is 2.23 bits per heavy atom. The minimum absolute atomic E-state index is 0.152. The number of carbonyl (C=O) groups is 1. The van der Waals surface area contributed by atoms with E-state index in [1.54, 1.807) is 38.4 Å². The number of ether oxygens (including phenoxy) is 2. The Labute approximate surface area is 131 Å². The molecule has 0 saturated heterocycles. The van der Waals surface area contributed by atoms with Crippen LogP contribution in [0.1, 0.15) is 12.0 Å². The fourth-order valence-electron chi connectivity index (χ4n) is 1.68. The van der Waals surface area contributed by atoms with Crippen molar-refractivity contribution in [3.05, 3.63) is 42.5 Å². The quantitative estimate of drug-likeness (QED) is 0.547. The summed E-state index contributed by atoms with van der Waals surface area (Å²) in [7, 11) is 3.22. The predicted molar refractivity (Wildman–Crippen MR) is 85.6 cm³/mol. The average molecular weight is 300 g/mol. The van der Waals surface area contributed by atoms with Crippen molar-refractivity contribution in [3.63, 3.8) is 0 Å².